The number of carbonyl (C=O) groups excluding carboxylic acids is 4. The molecule has 2 amide bonds. The average Bonchev–Trinajstić information content (AvgIpc) is 3.03. The van der Waals surface area contributed by atoms with E-state index in [0.717, 1.165) is 11.1 Å². The van der Waals surface area contributed by atoms with Gasteiger partial charge in [0.2, 0.25) is 11.8 Å². The van der Waals surface area contributed by atoms with Crippen molar-refractivity contribution in [3.63, 3.8) is 0 Å². The number of carbonyl (C=O) groups is 4. The van der Waals surface area contributed by atoms with E-state index in [9.17, 15) is 19.2 Å². The van der Waals surface area contributed by atoms with Gasteiger partial charge in [-0.25, -0.2) is 4.79 Å². The number of ether oxygens (including phenoxy) is 1. The van der Waals surface area contributed by atoms with Gasteiger partial charge in [0.15, 0.2) is 12.4 Å². The van der Waals surface area contributed by atoms with E-state index < -0.39 is 5.97 Å². The highest BCUT2D eigenvalue weighted by molar-refractivity contribution is 9.12. The highest BCUT2D eigenvalue weighted by Gasteiger charge is 2.52. The summed E-state index contributed by atoms with van der Waals surface area (Å²) in [5, 5.41) is 0. The van der Waals surface area contributed by atoms with Gasteiger partial charge >= 0.3 is 5.97 Å². The molecule has 0 unspecified atom stereocenters. The zero-order valence-corrected chi connectivity index (χ0v) is 21.4. The standard InChI is InChI=1S/C25H23Br2NO5/c1-13-3-4-16(9-14(13)2)22(29)12-33-25(32)15-5-7-17(8-6-15)28-23(30)18-10-20(26)21(27)11-19(18)24(28)31/h3-9,18-21H,10-12H2,1-2H3/t18-,19+,20-,21-/m1/s1. The van der Waals surface area contributed by atoms with Crippen molar-refractivity contribution in [3.8, 4) is 0 Å². The van der Waals surface area contributed by atoms with Crippen LogP contribution in [-0.2, 0) is 14.3 Å². The van der Waals surface area contributed by atoms with Gasteiger partial charge in [-0.05, 0) is 68.1 Å². The maximum atomic E-state index is 12.9. The Bertz CT molecular complexity index is 1100. The first kappa shape index (κ1) is 23.8. The lowest BCUT2D eigenvalue weighted by Gasteiger charge is -2.29. The zero-order chi connectivity index (χ0) is 23.9. The summed E-state index contributed by atoms with van der Waals surface area (Å²) in [6, 6.07) is 11.5. The Labute approximate surface area is 208 Å². The normalized spacial score (nSPS) is 24.5. The molecule has 0 spiro atoms. The summed E-state index contributed by atoms with van der Waals surface area (Å²) in [5.41, 5.74) is 3.23. The van der Waals surface area contributed by atoms with Crippen LogP contribution in [0.3, 0.4) is 0 Å². The van der Waals surface area contributed by atoms with Crippen LogP contribution in [0, 0.1) is 25.7 Å². The number of hydrogen-bond acceptors (Lipinski definition) is 5. The summed E-state index contributed by atoms with van der Waals surface area (Å²) in [6.45, 7) is 3.51. The van der Waals surface area contributed by atoms with Crippen LogP contribution in [0.25, 0.3) is 0 Å². The molecule has 2 aliphatic rings. The monoisotopic (exact) mass is 575 g/mol. The Kier molecular flexibility index (Phi) is 6.86. The molecule has 1 saturated carbocycles. The summed E-state index contributed by atoms with van der Waals surface area (Å²) in [5.74, 6) is -2.01. The Morgan fingerprint density at radius 1 is 0.879 bits per heavy atom. The Balaban J connectivity index is 1.41. The van der Waals surface area contributed by atoms with Crippen LogP contribution < -0.4 is 4.90 Å². The van der Waals surface area contributed by atoms with E-state index in [-0.39, 0.29) is 51.3 Å². The van der Waals surface area contributed by atoms with E-state index >= 15 is 0 Å². The fourth-order valence-electron chi connectivity index (χ4n) is 4.31. The molecule has 2 fully saturated rings. The minimum atomic E-state index is -0.643. The largest absolute Gasteiger partial charge is 0.454 e. The van der Waals surface area contributed by atoms with Gasteiger partial charge in [0.25, 0.3) is 0 Å². The number of hydrogen-bond donors (Lipinski definition) is 0. The number of fused-ring (bicyclic) bond motifs is 1. The number of amides is 2. The van der Waals surface area contributed by atoms with Gasteiger partial charge in [-0.3, -0.25) is 19.3 Å². The fraction of sp³-hybridized carbons (Fsp3) is 0.360. The van der Waals surface area contributed by atoms with E-state index in [1.807, 2.05) is 19.9 Å². The first-order chi connectivity index (χ1) is 15.7. The van der Waals surface area contributed by atoms with Gasteiger partial charge in [-0.15, -0.1) is 0 Å². The topological polar surface area (TPSA) is 80.8 Å². The second kappa shape index (κ2) is 9.50. The summed E-state index contributed by atoms with van der Waals surface area (Å²) in [7, 11) is 0. The molecular weight excluding hydrogens is 554 g/mol. The number of esters is 1. The molecule has 8 heteroatoms. The van der Waals surface area contributed by atoms with Crippen molar-refractivity contribution in [2.75, 3.05) is 11.5 Å². The van der Waals surface area contributed by atoms with E-state index in [1.54, 1.807) is 24.3 Å². The van der Waals surface area contributed by atoms with Gasteiger partial charge in [-0.1, -0.05) is 44.0 Å². The molecule has 1 aliphatic heterocycles. The van der Waals surface area contributed by atoms with Crippen LogP contribution in [0.15, 0.2) is 42.5 Å². The first-order valence-electron chi connectivity index (χ1n) is 10.7. The van der Waals surface area contributed by atoms with Crippen LogP contribution in [0.1, 0.15) is 44.7 Å². The molecule has 2 aromatic rings. The summed E-state index contributed by atoms with van der Waals surface area (Å²) < 4.78 is 5.18. The molecule has 0 aromatic heterocycles. The second-order valence-electron chi connectivity index (χ2n) is 8.57. The number of alkyl halides is 2. The van der Waals surface area contributed by atoms with Crippen LogP contribution >= 0.6 is 31.9 Å². The molecule has 1 heterocycles. The molecule has 4 rings (SSSR count). The van der Waals surface area contributed by atoms with Crippen molar-refractivity contribution >= 4 is 61.1 Å². The number of halogens is 2. The number of rotatable bonds is 5. The SMILES string of the molecule is Cc1ccc(C(=O)COC(=O)c2ccc(N3C(=O)[C@H]4C[C@@H](Br)[C@H](Br)C[C@H]4C3=O)cc2)cc1C. The zero-order valence-electron chi connectivity index (χ0n) is 18.2. The predicted octanol–water partition coefficient (Wildman–Crippen LogP) is 4.77. The minimum absolute atomic E-state index is 0.138. The van der Waals surface area contributed by atoms with Crippen molar-refractivity contribution in [2.24, 2.45) is 11.8 Å². The smallest absolute Gasteiger partial charge is 0.338 e. The van der Waals surface area contributed by atoms with Gasteiger partial charge in [0, 0.05) is 15.2 Å². The molecule has 0 radical (unpaired) electrons. The third-order valence-electron chi connectivity index (χ3n) is 6.44. The minimum Gasteiger partial charge on any atom is -0.454 e. The molecule has 172 valence electrons. The van der Waals surface area contributed by atoms with Crippen molar-refractivity contribution in [1.29, 1.82) is 0 Å². The molecule has 0 bridgehead atoms. The average molecular weight is 577 g/mol. The molecule has 2 aromatic carbocycles. The predicted molar refractivity (Wildman–Crippen MR) is 131 cm³/mol. The first-order valence-corrected chi connectivity index (χ1v) is 12.5. The Morgan fingerprint density at radius 3 is 1.97 bits per heavy atom. The third-order valence-corrected chi connectivity index (χ3v) is 9.17. The van der Waals surface area contributed by atoms with E-state index in [1.165, 1.54) is 17.0 Å². The fourth-order valence-corrected chi connectivity index (χ4v) is 5.55. The molecule has 0 N–H and O–H groups in total. The number of benzene rings is 2. The van der Waals surface area contributed by atoms with Crippen molar-refractivity contribution in [1.82, 2.24) is 0 Å². The molecule has 1 aliphatic carbocycles. The van der Waals surface area contributed by atoms with E-state index in [2.05, 4.69) is 31.9 Å². The van der Waals surface area contributed by atoms with Crippen molar-refractivity contribution < 1.29 is 23.9 Å². The Morgan fingerprint density at radius 2 is 1.42 bits per heavy atom. The quantitative estimate of drug-likeness (QED) is 0.222. The lowest BCUT2D eigenvalue weighted by atomic mass is 9.81. The second-order valence-corrected chi connectivity index (χ2v) is 10.9. The molecule has 33 heavy (non-hydrogen) atoms. The van der Waals surface area contributed by atoms with E-state index in [4.69, 9.17) is 4.74 Å². The number of Topliss-reactive ketones (excluding diaryl/α,β-unsaturated/α-hetero) is 1. The highest BCUT2D eigenvalue weighted by Crippen LogP contribution is 2.44. The lowest BCUT2D eigenvalue weighted by Crippen LogP contribution is -2.34. The third kappa shape index (κ3) is 4.68. The van der Waals surface area contributed by atoms with Gasteiger partial charge < -0.3 is 4.74 Å². The van der Waals surface area contributed by atoms with Gasteiger partial charge in [-0.2, -0.15) is 0 Å². The number of nitrogens with zero attached hydrogens (tertiary/aromatic N) is 1. The molecule has 4 atom stereocenters. The van der Waals surface area contributed by atoms with Crippen LogP contribution in [0.5, 0.6) is 0 Å². The van der Waals surface area contributed by atoms with Crippen LogP contribution in [-0.4, -0.2) is 39.8 Å². The molecule has 1 saturated heterocycles. The van der Waals surface area contributed by atoms with Crippen LogP contribution in [0.2, 0.25) is 0 Å². The maximum absolute atomic E-state index is 12.9. The molecule has 6 nitrogen and oxygen atoms in total. The summed E-state index contributed by atoms with van der Waals surface area (Å²) in [6.07, 6.45) is 1.20. The summed E-state index contributed by atoms with van der Waals surface area (Å²) in [4.78, 5) is 52.1. The van der Waals surface area contributed by atoms with Gasteiger partial charge in [0.05, 0.1) is 23.1 Å². The van der Waals surface area contributed by atoms with Crippen molar-refractivity contribution in [3.05, 3.63) is 64.7 Å². The Hall–Kier alpha value is -2.32. The van der Waals surface area contributed by atoms with Gasteiger partial charge in [0.1, 0.15) is 0 Å². The number of anilines is 1. The van der Waals surface area contributed by atoms with Crippen molar-refractivity contribution in [2.45, 2.75) is 36.3 Å². The van der Waals surface area contributed by atoms with Crippen LogP contribution in [0.4, 0.5) is 5.69 Å². The lowest BCUT2D eigenvalue weighted by molar-refractivity contribution is -0.122. The number of imide groups is 1. The maximum Gasteiger partial charge on any atom is 0.338 e. The number of ketones is 1. The highest BCUT2D eigenvalue weighted by atomic mass is 79.9. The molecular formula is C25H23Br2NO5. The van der Waals surface area contributed by atoms with E-state index in [0.29, 0.717) is 24.1 Å². The summed E-state index contributed by atoms with van der Waals surface area (Å²) >= 11 is 7.16. The number of aryl methyl sites for hydroxylation is 2.